The Kier molecular flexibility index (Phi) is 9.34. The molecule has 7 nitrogen and oxygen atoms in total. The molecule has 6 rings (SSSR count). The van der Waals surface area contributed by atoms with Gasteiger partial charge in [-0.25, -0.2) is 0 Å². The van der Waals surface area contributed by atoms with Crippen molar-refractivity contribution >= 4 is 17.5 Å². The van der Waals surface area contributed by atoms with E-state index in [-0.39, 0.29) is 23.8 Å². The van der Waals surface area contributed by atoms with Crippen molar-refractivity contribution in [3.8, 4) is 17.2 Å². The van der Waals surface area contributed by atoms with Crippen molar-refractivity contribution in [1.82, 2.24) is 0 Å². The standard InChI is InChI=1S/C38H41NO6/c1-24-35(38(41)45-28-14-8-5-9-15-28)36(29-16-10-11-17-32(29)44-23-25-12-6-4-7-13-25)37-30(39-24)20-27(21-31(37)40)26-18-19-33(42-2)34(22-26)43-3/h4,6-7,10-13,16-19,22,27-28,35-36H,5,8-9,14-15,20-21,23H2,1-3H3. The van der Waals surface area contributed by atoms with Crippen LogP contribution in [0.25, 0.3) is 0 Å². The van der Waals surface area contributed by atoms with Crippen molar-refractivity contribution in [3.63, 3.8) is 0 Å². The highest BCUT2D eigenvalue weighted by Gasteiger charge is 2.46. The van der Waals surface area contributed by atoms with Crippen LogP contribution in [0.2, 0.25) is 0 Å². The number of Topliss-reactive ketones (excluding diaryl/α,β-unsaturated/α-hetero) is 1. The monoisotopic (exact) mass is 607 g/mol. The molecular weight excluding hydrogens is 566 g/mol. The molecule has 3 unspecified atom stereocenters. The number of aliphatic imine (C=N–C) groups is 1. The summed E-state index contributed by atoms with van der Waals surface area (Å²) in [5.41, 5.74) is 4.82. The van der Waals surface area contributed by atoms with Gasteiger partial charge in [-0.3, -0.25) is 14.6 Å². The molecule has 3 aromatic rings. The first kappa shape index (κ1) is 30.6. The lowest BCUT2D eigenvalue weighted by molar-refractivity contribution is -0.153. The van der Waals surface area contributed by atoms with Gasteiger partial charge in [-0.15, -0.1) is 0 Å². The first-order chi connectivity index (χ1) is 22.0. The first-order valence-corrected chi connectivity index (χ1v) is 16.0. The summed E-state index contributed by atoms with van der Waals surface area (Å²) < 4.78 is 23.5. The molecule has 0 saturated heterocycles. The molecule has 0 N–H and O–H groups in total. The second-order valence-corrected chi connectivity index (χ2v) is 12.2. The maximum atomic E-state index is 14.3. The zero-order chi connectivity index (χ0) is 31.3. The number of nitrogens with zero attached hydrogens (tertiary/aromatic N) is 1. The molecule has 1 saturated carbocycles. The summed E-state index contributed by atoms with van der Waals surface area (Å²) in [5.74, 6) is 0.243. The Morgan fingerprint density at radius 2 is 1.58 bits per heavy atom. The minimum absolute atomic E-state index is 0.00869. The Balaban J connectivity index is 1.38. The van der Waals surface area contributed by atoms with Gasteiger partial charge in [0.1, 0.15) is 24.4 Å². The van der Waals surface area contributed by atoms with Gasteiger partial charge in [0.2, 0.25) is 0 Å². The maximum absolute atomic E-state index is 14.3. The van der Waals surface area contributed by atoms with Gasteiger partial charge in [0, 0.05) is 34.9 Å². The number of allylic oxidation sites excluding steroid dienone is 2. The quantitative estimate of drug-likeness (QED) is 0.232. The van der Waals surface area contributed by atoms with Crippen LogP contribution in [0.1, 0.15) is 80.4 Å². The molecule has 0 aromatic heterocycles. The summed E-state index contributed by atoms with van der Waals surface area (Å²) >= 11 is 0. The van der Waals surface area contributed by atoms with E-state index in [0.717, 1.165) is 48.1 Å². The molecule has 0 radical (unpaired) electrons. The van der Waals surface area contributed by atoms with Crippen LogP contribution >= 0.6 is 0 Å². The molecule has 234 valence electrons. The van der Waals surface area contributed by atoms with Crippen LogP contribution in [0.4, 0.5) is 0 Å². The first-order valence-electron chi connectivity index (χ1n) is 16.0. The number of hydrogen-bond acceptors (Lipinski definition) is 7. The van der Waals surface area contributed by atoms with Crippen LogP contribution in [0, 0.1) is 5.92 Å². The molecule has 45 heavy (non-hydrogen) atoms. The third-order valence-corrected chi connectivity index (χ3v) is 9.35. The number of esters is 1. The van der Waals surface area contributed by atoms with E-state index in [2.05, 4.69) is 0 Å². The van der Waals surface area contributed by atoms with Crippen molar-refractivity contribution in [2.24, 2.45) is 10.9 Å². The second-order valence-electron chi connectivity index (χ2n) is 12.2. The number of rotatable bonds is 9. The fraction of sp³-hybridized carbons (Fsp3) is 0.395. The smallest absolute Gasteiger partial charge is 0.315 e. The SMILES string of the molecule is COc1ccc(C2CC(=O)C3=C(C2)N=C(C)C(C(=O)OC2CCCCC2)C3c2ccccc2OCc2ccccc2)cc1OC. The number of benzene rings is 3. The van der Waals surface area contributed by atoms with Crippen molar-refractivity contribution in [3.05, 3.63) is 101 Å². The number of para-hydroxylation sites is 1. The number of hydrogen-bond donors (Lipinski definition) is 0. The largest absolute Gasteiger partial charge is 0.493 e. The molecule has 0 amide bonds. The lowest BCUT2D eigenvalue weighted by atomic mass is 9.69. The fourth-order valence-corrected chi connectivity index (χ4v) is 7.07. The van der Waals surface area contributed by atoms with Gasteiger partial charge in [-0.05, 0) is 74.3 Å². The van der Waals surface area contributed by atoms with Crippen molar-refractivity contribution in [2.45, 2.75) is 76.4 Å². The molecule has 3 aliphatic rings. The number of methoxy groups -OCH3 is 2. The number of carbonyl (C=O) groups is 2. The minimum atomic E-state index is -0.714. The lowest BCUT2D eigenvalue weighted by Gasteiger charge is -2.37. The van der Waals surface area contributed by atoms with Gasteiger partial charge >= 0.3 is 5.97 Å². The van der Waals surface area contributed by atoms with Crippen molar-refractivity contribution in [2.75, 3.05) is 14.2 Å². The topological polar surface area (TPSA) is 83.4 Å². The Hall–Kier alpha value is -4.39. The van der Waals surface area contributed by atoms with Gasteiger partial charge in [-0.2, -0.15) is 0 Å². The predicted octanol–water partition coefficient (Wildman–Crippen LogP) is 7.73. The van der Waals surface area contributed by atoms with E-state index in [9.17, 15) is 9.59 Å². The summed E-state index contributed by atoms with van der Waals surface area (Å²) in [6.45, 7) is 2.26. The molecular formula is C38H41NO6. The molecule has 1 fully saturated rings. The van der Waals surface area contributed by atoms with Crippen LogP contribution in [-0.2, 0) is 20.9 Å². The van der Waals surface area contributed by atoms with Crippen molar-refractivity contribution in [1.29, 1.82) is 0 Å². The van der Waals surface area contributed by atoms with Gasteiger partial charge in [0.15, 0.2) is 17.3 Å². The summed E-state index contributed by atoms with van der Waals surface area (Å²) in [4.78, 5) is 33.3. The van der Waals surface area contributed by atoms with Gasteiger partial charge in [0.05, 0.1) is 14.2 Å². The Labute approximate surface area is 265 Å². The fourth-order valence-electron chi connectivity index (χ4n) is 7.07. The van der Waals surface area contributed by atoms with E-state index in [1.807, 2.05) is 79.7 Å². The third-order valence-electron chi connectivity index (χ3n) is 9.35. The van der Waals surface area contributed by atoms with E-state index in [1.54, 1.807) is 14.2 Å². The van der Waals surface area contributed by atoms with Gasteiger partial charge in [-0.1, -0.05) is 61.0 Å². The summed E-state index contributed by atoms with van der Waals surface area (Å²) in [6.07, 6.45) is 5.79. The highest BCUT2D eigenvalue weighted by Crippen LogP contribution is 2.49. The van der Waals surface area contributed by atoms with Crippen molar-refractivity contribution < 1.29 is 28.5 Å². The highest BCUT2D eigenvalue weighted by molar-refractivity contribution is 6.09. The van der Waals surface area contributed by atoms with Gasteiger partial charge in [0.25, 0.3) is 0 Å². The van der Waals surface area contributed by atoms with Crippen LogP contribution in [0.5, 0.6) is 17.2 Å². The third kappa shape index (κ3) is 6.53. The second kappa shape index (κ2) is 13.7. The molecule has 0 bridgehead atoms. The highest BCUT2D eigenvalue weighted by atomic mass is 16.5. The zero-order valence-corrected chi connectivity index (χ0v) is 26.3. The Bertz CT molecular complexity index is 1600. The number of ketones is 1. The van der Waals surface area contributed by atoms with Crippen LogP contribution in [-0.4, -0.2) is 37.8 Å². The molecule has 1 heterocycles. The van der Waals surface area contributed by atoms with E-state index >= 15 is 0 Å². The zero-order valence-electron chi connectivity index (χ0n) is 26.3. The number of ether oxygens (including phenoxy) is 4. The van der Waals surface area contributed by atoms with Crippen LogP contribution < -0.4 is 14.2 Å². The average molecular weight is 608 g/mol. The number of carbonyl (C=O) groups excluding carboxylic acids is 2. The predicted molar refractivity (Wildman–Crippen MR) is 173 cm³/mol. The van der Waals surface area contributed by atoms with E-state index in [4.69, 9.17) is 23.9 Å². The maximum Gasteiger partial charge on any atom is 0.315 e. The summed E-state index contributed by atoms with van der Waals surface area (Å²) in [6, 6.07) is 23.5. The molecule has 1 aliphatic heterocycles. The summed E-state index contributed by atoms with van der Waals surface area (Å²) in [7, 11) is 3.22. The van der Waals surface area contributed by atoms with Gasteiger partial charge < -0.3 is 18.9 Å². The lowest BCUT2D eigenvalue weighted by Crippen LogP contribution is -2.39. The molecule has 0 spiro atoms. The van der Waals surface area contributed by atoms with Crippen LogP contribution in [0.3, 0.4) is 0 Å². The van der Waals surface area contributed by atoms with E-state index < -0.39 is 11.8 Å². The Morgan fingerprint density at radius 3 is 2.33 bits per heavy atom. The normalized spacial score (nSPS) is 21.9. The molecule has 3 atom stereocenters. The van der Waals surface area contributed by atoms with Crippen LogP contribution in [0.15, 0.2) is 89.1 Å². The molecule has 2 aliphatic carbocycles. The van der Waals surface area contributed by atoms with E-state index in [1.165, 1.54) is 6.42 Å². The molecule has 7 heteroatoms. The average Bonchev–Trinajstić information content (AvgIpc) is 3.07. The van der Waals surface area contributed by atoms with E-state index in [0.29, 0.717) is 48.0 Å². The molecule has 3 aromatic carbocycles. The minimum Gasteiger partial charge on any atom is -0.493 e. The summed E-state index contributed by atoms with van der Waals surface area (Å²) in [5, 5.41) is 0. The Morgan fingerprint density at radius 1 is 0.844 bits per heavy atom.